The van der Waals surface area contributed by atoms with E-state index in [1.165, 1.54) is 0 Å². The second-order valence-corrected chi connectivity index (χ2v) is 7.94. The quantitative estimate of drug-likeness (QED) is 0.687. The second kappa shape index (κ2) is 8.25. The molecule has 1 saturated heterocycles. The third kappa shape index (κ3) is 3.79. The summed E-state index contributed by atoms with van der Waals surface area (Å²) >= 11 is 0. The van der Waals surface area contributed by atoms with Crippen LogP contribution in [0.5, 0.6) is 0 Å². The highest BCUT2D eigenvalue weighted by atomic mass is 16.3. The van der Waals surface area contributed by atoms with Crippen molar-refractivity contribution in [3.05, 3.63) is 52.8 Å². The number of nitrogens with zero attached hydrogens (tertiary/aromatic N) is 5. The van der Waals surface area contributed by atoms with Crippen LogP contribution in [0.15, 0.2) is 30.5 Å². The molecule has 7 heteroatoms. The molecule has 1 aliphatic rings. The fourth-order valence-corrected chi connectivity index (χ4v) is 4.08. The Labute approximate surface area is 176 Å². The number of rotatable bonds is 4. The van der Waals surface area contributed by atoms with Crippen LogP contribution in [0.4, 0.5) is 11.5 Å². The van der Waals surface area contributed by atoms with Gasteiger partial charge >= 0.3 is 0 Å². The molecule has 0 bridgehead atoms. The number of benzene rings is 1. The number of nitrogens with one attached hydrogen (secondary N) is 1. The summed E-state index contributed by atoms with van der Waals surface area (Å²) in [6.07, 6.45) is 3.20. The van der Waals surface area contributed by atoms with Crippen molar-refractivity contribution in [2.75, 3.05) is 23.3 Å². The SMILES string of the molecule is Cc1c(C#N)cccc1[C@@H](C)Nc1nnc(C)c2ncc(N3CCC(O)CC3)cc12. The van der Waals surface area contributed by atoms with Gasteiger partial charge in [0.2, 0.25) is 0 Å². The Hall–Kier alpha value is -3.24. The van der Waals surface area contributed by atoms with Gasteiger partial charge in [0.25, 0.3) is 0 Å². The molecular formula is C23H26N6O. The van der Waals surface area contributed by atoms with Crippen molar-refractivity contribution in [2.45, 2.75) is 45.8 Å². The zero-order valence-corrected chi connectivity index (χ0v) is 17.6. The molecule has 0 radical (unpaired) electrons. The molecule has 1 atom stereocenters. The average Bonchev–Trinajstić information content (AvgIpc) is 2.76. The summed E-state index contributed by atoms with van der Waals surface area (Å²) in [5.41, 5.74) is 5.33. The molecule has 1 aromatic carbocycles. The zero-order valence-electron chi connectivity index (χ0n) is 17.6. The van der Waals surface area contributed by atoms with E-state index in [0.29, 0.717) is 11.4 Å². The highest BCUT2D eigenvalue weighted by Gasteiger charge is 2.20. The Morgan fingerprint density at radius 1 is 1.23 bits per heavy atom. The van der Waals surface area contributed by atoms with Crippen molar-refractivity contribution < 1.29 is 5.11 Å². The summed E-state index contributed by atoms with van der Waals surface area (Å²) in [5.74, 6) is 0.677. The molecule has 2 N–H and O–H groups in total. The van der Waals surface area contributed by atoms with Crippen molar-refractivity contribution in [1.82, 2.24) is 15.2 Å². The van der Waals surface area contributed by atoms with Gasteiger partial charge in [-0.2, -0.15) is 10.4 Å². The summed E-state index contributed by atoms with van der Waals surface area (Å²) in [6.45, 7) is 7.55. The number of aryl methyl sites for hydroxylation is 1. The van der Waals surface area contributed by atoms with Crippen molar-refractivity contribution in [3.63, 3.8) is 0 Å². The van der Waals surface area contributed by atoms with E-state index in [9.17, 15) is 10.4 Å². The summed E-state index contributed by atoms with van der Waals surface area (Å²) in [6, 6.07) is 10.1. The van der Waals surface area contributed by atoms with Gasteiger partial charge in [0.15, 0.2) is 5.82 Å². The Morgan fingerprint density at radius 2 is 2.00 bits per heavy atom. The standard InChI is InChI=1S/C23H26N6O/c1-14-17(12-24)5-4-6-20(14)15(2)26-23-21-11-18(29-9-7-19(30)8-10-29)13-25-22(21)16(3)27-28-23/h4-6,11,13,15,19,30H,7-10H2,1-3H3,(H,26,28)/t15-/m1/s1. The number of aliphatic hydroxyl groups excluding tert-OH is 1. The van der Waals surface area contributed by atoms with E-state index in [1.807, 2.05) is 38.2 Å². The summed E-state index contributed by atoms with van der Waals surface area (Å²) in [5, 5.41) is 32.2. The van der Waals surface area contributed by atoms with Crippen LogP contribution >= 0.6 is 0 Å². The zero-order chi connectivity index (χ0) is 21.3. The van der Waals surface area contributed by atoms with Crippen molar-refractivity contribution in [3.8, 4) is 6.07 Å². The first-order valence-electron chi connectivity index (χ1n) is 10.3. The van der Waals surface area contributed by atoms with Crippen molar-refractivity contribution in [1.29, 1.82) is 5.26 Å². The number of aliphatic hydroxyl groups is 1. The van der Waals surface area contributed by atoms with Crippen LogP contribution in [-0.2, 0) is 0 Å². The predicted octanol–water partition coefficient (Wildman–Crippen LogP) is 3.65. The Balaban J connectivity index is 1.69. The molecule has 0 saturated carbocycles. The van der Waals surface area contributed by atoms with Gasteiger partial charge in [0.1, 0.15) is 0 Å². The Kier molecular flexibility index (Phi) is 5.51. The number of pyridine rings is 1. The average molecular weight is 403 g/mol. The van der Waals surface area contributed by atoms with Gasteiger partial charge in [-0.25, -0.2) is 0 Å². The Morgan fingerprint density at radius 3 is 2.73 bits per heavy atom. The number of piperidine rings is 1. The maximum absolute atomic E-state index is 9.80. The van der Waals surface area contributed by atoms with E-state index in [2.05, 4.69) is 44.5 Å². The van der Waals surface area contributed by atoms with Gasteiger partial charge in [-0.05, 0) is 56.9 Å². The fraction of sp³-hybridized carbons (Fsp3) is 0.391. The number of aromatic nitrogens is 3. The third-order valence-corrected chi connectivity index (χ3v) is 5.92. The van der Waals surface area contributed by atoms with Crippen LogP contribution < -0.4 is 10.2 Å². The highest BCUT2D eigenvalue weighted by Crippen LogP contribution is 2.30. The van der Waals surface area contributed by atoms with Crippen LogP contribution in [0.2, 0.25) is 0 Å². The highest BCUT2D eigenvalue weighted by molar-refractivity contribution is 5.92. The number of hydrogen-bond donors (Lipinski definition) is 2. The smallest absolute Gasteiger partial charge is 0.158 e. The molecule has 3 heterocycles. The lowest BCUT2D eigenvalue weighted by Crippen LogP contribution is -2.35. The topological polar surface area (TPSA) is 98.0 Å². The van der Waals surface area contributed by atoms with E-state index >= 15 is 0 Å². The van der Waals surface area contributed by atoms with Gasteiger partial charge in [-0.1, -0.05) is 12.1 Å². The van der Waals surface area contributed by atoms with E-state index in [4.69, 9.17) is 0 Å². The molecule has 3 aromatic rings. The van der Waals surface area contributed by atoms with Crippen LogP contribution in [0.1, 0.15) is 48.2 Å². The number of hydrogen-bond acceptors (Lipinski definition) is 7. The van der Waals surface area contributed by atoms with Gasteiger partial charge in [0, 0.05) is 18.5 Å². The molecule has 0 amide bonds. The second-order valence-electron chi connectivity index (χ2n) is 7.94. The predicted molar refractivity (Wildman–Crippen MR) is 117 cm³/mol. The summed E-state index contributed by atoms with van der Waals surface area (Å²) in [7, 11) is 0. The molecule has 0 unspecified atom stereocenters. The molecular weight excluding hydrogens is 376 g/mol. The van der Waals surface area contributed by atoms with Crippen LogP contribution in [-0.4, -0.2) is 39.5 Å². The minimum Gasteiger partial charge on any atom is -0.393 e. The molecule has 154 valence electrons. The van der Waals surface area contributed by atoms with Gasteiger partial charge in [-0.3, -0.25) is 4.98 Å². The third-order valence-electron chi connectivity index (χ3n) is 5.92. The lowest BCUT2D eigenvalue weighted by Gasteiger charge is -2.31. The molecule has 1 fully saturated rings. The maximum Gasteiger partial charge on any atom is 0.158 e. The van der Waals surface area contributed by atoms with Crippen LogP contribution in [0.3, 0.4) is 0 Å². The van der Waals surface area contributed by atoms with E-state index in [0.717, 1.165) is 59.3 Å². The number of nitriles is 1. The number of anilines is 2. The minimum atomic E-state index is -0.215. The summed E-state index contributed by atoms with van der Waals surface area (Å²) in [4.78, 5) is 6.92. The first-order chi connectivity index (χ1) is 14.5. The van der Waals surface area contributed by atoms with E-state index < -0.39 is 0 Å². The van der Waals surface area contributed by atoms with Crippen LogP contribution in [0, 0.1) is 25.2 Å². The minimum absolute atomic E-state index is 0.0488. The fourth-order valence-electron chi connectivity index (χ4n) is 4.08. The van der Waals surface area contributed by atoms with Crippen molar-refractivity contribution in [2.24, 2.45) is 0 Å². The molecule has 2 aromatic heterocycles. The van der Waals surface area contributed by atoms with E-state index in [-0.39, 0.29) is 12.1 Å². The van der Waals surface area contributed by atoms with E-state index in [1.54, 1.807) is 0 Å². The number of fused-ring (bicyclic) bond motifs is 1. The van der Waals surface area contributed by atoms with Gasteiger partial charge in [0.05, 0.1) is 46.9 Å². The van der Waals surface area contributed by atoms with Gasteiger partial charge in [-0.15, -0.1) is 5.10 Å². The molecule has 0 spiro atoms. The van der Waals surface area contributed by atoms with Crippen molar-refractivity contribution >= 4 is 22.4 Å². The normalized spacial score (nSPS) is 15.8. The van der Waals surface area contributed by atoms with Crippen LogP contribution in [0.25, 0.3) is 10.9 Å². The molecule has 0 aliphatic carbocycles. The lowest BCUT2D eigenvalue weighted by molar-refractivity contribution is 0.145. The monoisotopic (exact) mass is 402 g/mol. The Bertz CT molecular complexity index is 1110. The molecule has 7 nitrogen and oxygen atoms in total. The molecule has 4 rings (SSSR count). The first kappa shape index (κ1) is 20.0. The maximum atomic E-state index is 9.80. The molecule has 30 heavy (non-hydrogen) atoms. The largest absolute Gasteiger partial charge is 0.393 e. The molecule has 1 aliphatic heterocycles. The van der Waals surface area contributed by atoms with Gasteiger partial charge < -0.3 is 15.3 Å². The lowest BCUT2D eigenvalue weighted by atomic mass is 9.98. The summed E-state index contributed by atoms with van der Waals surface area (Å²) < 4.78 is 0. The first-order valence-corrected chi connectivity index (χ1v) is 10.3.